The molecule has 5 heteroatoms. The highest BCUT2D eigenvalue weighted by Crippen LogP contribution is 2.45. The van der Waals surface area contributed by atoms with Crippen molar-refractivity contribution >= 4 is 60.7 Å². The van der Waals surface area contributed by atoms with Gasteiger partial charge in [-0.25, -0.2) is 15.0 Å². The van der Waals surface area contributed by atoms with Gasteiger partial charge in [0, 0.05) is 43.8 Å². The number of aryl methyl sites for hydroxylation is 1. The van der Waals surface area contributed by atoms with Gasteiger partial charge in [-0.15, -0.1) is 0 Å². The van der Waals surface area contributed by atoms with Gasteiger partial charge in [0.2, 0.25) is 0 Å². The molecule has 0 saturated carbocycles. The number of aromatic nitrogens is 3. The fraction of sp³-hybridized carbons (Fsp3) is 0.0377. The number of furan rings is 2. The molecular formula is C53H33N3O2. The van der Waals surface area contributed by atoms with E-state index in [4.69, 9.17) is 23.8 Å². The first-order valence-electron chi connectivity index (χ1n) is 19.7. The predicted octanol–water partition coefficient (Wildman–Crippen LogP) is 14.1. The Labute approximate surface area is 333 Å². The molecule has 8 aromatic carbocycles. The van der Waals surface area contributed by atoms with Crippen molar-refractivity contribution in [3.8, 4) is 56.4 Å². The number of benzene rings is 8. The van der Waals surface area contributed by atoms with Crippen LogP contribution in [0.5, 0.6) is 0 Å². The van der Waals surface area contributed by atoms with Gasteiger partial charge in [-0.1, -0.05) is 140 Å². The number of fused-ring (bicyclic) bond motifs is 9. The standard InChI is InChI=1S/C53H33N3O2/c1-2-12-32(13-3-1)34-22-25-35(26-23-34)51-54-52(38-27-24-33-14-4-5-15-36(33)28-38)56-53(55-51)44-30-39(31-47-48(44)41-18-8-10-20-45(41)57-47)43-29-37-16-6-7-17-40(37)49-42-19-9-11-21-46(42)58-50(43)49/h1-6,8-16,18-31H,7,17H2. The van der Waals surface area contributed by atoms with Crippen molar-refractivity contribution in [2.45, 2.75) is 12.8 Å². The minimum absolute atomic E-state index is 0.567. The van der Waals surface area contributed by atoms with Crippen molar-refractivity contribution in [2.75, 3.05) is 0 Å². The zero-order valence-electron chi connectivity index (χ0n) is 31.3. The molecule has 0 fully saturated rings. The third-order valence-corrected chi connectivity index (χ3v) is 11.6. The van der Waals surface area contributed by atoms with Crippen LogP contribution in [0.15, 0.2) is 179 Å². The fourth-order valence-electron chi connectivity index (χ4n) is 8.77. The molecule has 0 aliphatic heterocycles. The molecule has 3 heterocycles. The van der Waals surface area contributed by atoms with Crippen molar-refractivity contribution in [1.29, 1.82) is 0 Å². The maximum atomic E-state index is 6.76. The first-order chi connectivity index (χ1) is 28.7. The lowest BCUT2D eigenvalue weighted by atomic mass is 9.88. The second kappa shape index (κ2) is 13.0. The lowest BCUT2D eigenvalue weighted by Gasteiger charge is -2.15. The molecule has 1 aliphatic rings. The summed E-state index contributed by atoms with van der Waals surface area (Å²) in [5.41, 5.74) is 12.8. The first-order valence-corrected chi connectivity index (χ1v) is 19.7. The molecule has 11 aromatic rings. The van der Waals surface area contributed by atoms with Gasteiger partial charge in [-0.2, -0.15) is 0 Å². The summed E-state index contributed by atoms with van der Waals surface area (Å²) >= 11 is 0. The molecule has 12 rings (SSSR count). The molecule has 1 aliphatic carbocycles. The van der Waals surface area contributed by atoms with Gasteiger partial charge in [0.1, 0.15) is 22.3 Å². The third kappa shape index (κ3) is 5.28. The second-order valence-electron chi connectivity index (χ2n) is 15.0. The van der Waals surface area contributed by atoms with E-state index in [-0.39, 0.29) is 0 Å². The average molecular weight is 744 g/mol. The Hall–Kier alpha value is -7.63. The fourth-order valence-corrected chi connectivity index (χ4v) is 8.77. The average Bonchev–Trinajstić information content (AvgIpc) is 3.88. The summed E-state index contributed by atoms with van der Waals surface area (Å²) in [5.74, 6) is 1.76. The van der Waals surface area contributed by atoms with Crippen molar-refractivity contribution in [3.63, 3.8) is 0 Å². The number of para-hydroxylation sites is 2. The van der Waals surface area contributed by atoms with Crippen molar-refractivity contribution in [3.05, 3.63) is 181 Å². The van der Waals surface area contributed by atoms with Gasteiger partial charge in [0.05, 0.1) is 0 Å². The highest BCUT2D eigenvalue weighted by Gasteiger charge is 2.24. The molecule has 0 spiro atoms. The highest BCUT2D eigenvalue weighted by molar-refractivity contribution is 6.16. The normalized spacial score (nSPS) is 12.6. The molecule has 0 bridgehead atoms. The van der Waals surface area contributed by atoms with Gasteiger partial charge in [-0.3, -0.25) is 0 Å². The first kappa shape index (κ1) is 32.6. The highest BCUT2D eigenvalue weighted by atomic mass is 16.3. The minimum atomic E-state index is 0.567. The molecule has 3 aromatic heterocycles. The molecule has 0 N–H and O–H groups in total. The predicted molar refractivity (Wildman–Crippen MR) is 236 cm³/mol. The van der Waals surface area contributed by atoms with E-state index in [0.717, 1.165) is 101 Å². The Morgan fingerprint density at radius 2 is 1.05 bits per heavy atom. The maximum Gasteiger partial charge on any atom is 0.164 e. The lowest BCUT2D eigenvalue weighted by molar-refractivity contribution is 0.668. The van der Waals surface area contributed by atoms with E-state index in [0.29, 0.717) is 17.5 Å². The number of allylic oxidation sites excluding steroid dienone is 1. The lowest BCUT2D eigenvalue weighted by Crippen LogP contribution is -2.01. The summed E-state index contributed by atoms with van der Waals surface area (Å²) in [5, 5.41) is 6.56. The molecule has 272 valence electrons. The van der Waals surface area contributed by atoms with Gasteiger partial charge in [0.25, 0.3) is 0 Å². The van der Waals surface area contributed by atoms with Crippen LogP contribution in [0.3, 0.4) is 0 Å². The summed E-state index contributed by atoms with van der Waals surface area (Å²) < 4.78 is 13.4. The topological polar surface area (TPSA) is 65.0 Å². The number of nitrogens with zero attached hydrogens (tertiary/aromatic N) is 3. The third-order valence-electron chi connectivity index (χ3n) is 11.6. The van der Waals surface area contributed by atoms with Crippen LogP contribution in [-0.2, 0) is 6.42 Å². The quantitative estimate of drug-likeness (QED) is 0.176. The molecule has 0 atom stereocenters. The monoisotopic (exact) mass is 743 g/mol. The van der Waals surface area contributed by atoms with E-state index < -0.39 is 0 Å². The van der Waals surface area contributed by atoms with Crippen molar-refractivity contribution < 1.29 is 8.83 Å². The zero-order valence-corrected chi connectivity index (χ0v) is 31.3. The molecule has 0 radical (unpaired) electrons. The van der Waals surface area contributed by atoms with E-state index >= 15 is 0 Å². The van der Waals surface area contributed by atoms with E-state index in [9.17, 15) is 0 Å². The van der Waals surface area contributed by atoms with Crippen molar-refractivity contribution in [2.24, 2.45) is 0 Å². The van der Waals surface area contributed by atoms with E-state index in [1.165, 1.54) is 16.5 Å². The summed E-state index contributed by atoms with van der Waals surface area (Å²) in [4.78, 5) is 15.8. The summed E-state index contributed by atoms with van der Waals surface area (Å²) in [6.45, 7) is 0. The van der Waals surface area contributed by atoms with Crippen LogP contribution in [0, 0.1) is 0 Å². The van der Waals surface area contributed by atoms with E-state index in [1.54, 1.807) is 0 Å². The minimum Gasteiger partial charge on any atom is -0.456 e. The maximum absolute atomic E-state index is 6.76. The Bertz CT molecular complexity index is 3450. The largest absolute Gasteiger partial charge is 0.456 e. The van der Waals surface area contributed by atoms with E-state index in [2.05, 4.69) is 152 Å². The molecule has 0 unspecified atom stereocenters. The number of hydrogen-bond donors (Lipinski definition) is 0. The Balaban J connectivity index is 1.13. The Morgan fingerprint density at radius 1 is 0.414 bits per heavy atom. The number of hydrogen-bond acceptors (Lipinski definition) is 5. The summed E-state index contributed by atoms with van der Waals surface area (Å²) in [6, 6.07) is 56.8. The number of rotatable bonds is 5. The van der Waals surface area contributed by atoms with Crippen LogP contribution in [0.4, 0.5) is 0 Å². The van der Waals surface area contributed by atoms with Crippen LogP contribution in [0.25, 0.3) is 117 Å². The molecule has 0 saturated heterocycles. The molecule has 5 nitrogen and oxygen atoms in total. The zero-order chi connectivity index (χ0) is 38.2. The SMILES string of the molecule is C1=Cc2cc(-c3cc(-c4nc(-c5ccc(-c6ccccc6)cc5)nc(-c5ccc6ccccc6c5)n4)c4c(c3)oc3ccccc34)c3oc4ccccc4c3c2CC1. The van der Waals surface area contributed by atoms with Gasteiger partial charge in [0.15, 0.2) is 17.5 Å². The van der Waals surface area contributed by atoms with Crippen LogP contribution in [0.2, 0.25) is 0 Å². The van der Waals surface area contributed by atoms with E-state index in [1.807, 2.05) is 24.3 Å². The smallest absolute Gasteiger partial charge is 0.164 e. The summed E-state index contributed by atoms with van der Waals surface area (Å²) in [6.07, 6.45) is 6.49. The Kier molecular flexibility index (Phi) is 7.29. The molecule has 0 amide bonds. The van der Waals surface area contributed by atoms with Crippen LogP contribution in [-0.4, -0.2) is 15.0 Å². The Morgan fingerprint density at radius 3 is 1.88 bits per heavy atom. The van der Waals surface area contributed by atoms with Crippen molar-refractivity contribution in [1.82, 2.24) is 15.0 Å². The van der Waals surface area contributed by atoms with Gasteiger partial charge >= 0.3 is 0 Å². The van der Waals surface area contributed by atoms with Crippen LogP contribution >= 0.6 is 0 Å². The van der Waals surface area contributed by atoms with Gasteiger partial charge < -0.3 is 8.83 Å². The molecular weight excluding hydrogens is 711 g/mol. The second-order valence-corrected chi connectivity index (χ2v) is 15.0. The summed E-state index contributed by atoms with van der Waals surface area (Å²) in [7, 11) is 0. The van der Waals surface area contributed by atoms with Crippen LogP contribution < -0.4 is 0 Å². The molecule has 58 heavy (non-hydrogen) atoms. The van der Waals surface area contributed by atoms with Crippen LogP contribution in [0.1, 0.15) is 17.5 Å². The van der Waals surface area contributed by atoms with Gasteiger partial charge in [-0.05, 0) is 87.8 Å².